The molecule has 2 aromatic heterocycles. The highest BCUT2D eigenvalue weighted by atomic mass is 19.4. The Balaban J connectivity index is 0.000000301. The van der Waals surface area contributed by atoms with E-state index in [-0.39, 0.29) is 5.41 Å². The Morgan fingerprint density at radius 2 is 1.74 bits per heavy atom. The number of hydrogen-bond donors (Lipinski definition) is 2. The number of ether oxygens (including phenoxy) is 2. The van der Waals surface area contributed by atoms with Gasteiger partial charge in [-0.2, -0.15) is 26.3 Å². The molecule has 2 saturated heterocycles. The molecule has 9 nitrogen and oxygen atoms in total. The number of nitrogens with zero attached hydrogens (tertiary/aromatic N) is 2. The second kappa shape index (κ2) is 13.1. The van der Waals surface area contributed by atoms with Gasteiger partial charge in [0.1, 0.15) is 11.5 Å². The number of pyridine rings is 1. The first-order chi connectivity index (χ1) is 17.6. The van der Waals surface area contributed by atoms with Gasteiger partial charge < -0.3 is 24.1 Å². The van der Waals surface area contributed by atoms with Gasteiger partial charge in [0.05, 0.1) is 38.7 Å². The van der Waals surface area contributed by atoms with Crippen LogP contribution in [0.1, 0.15) is 17.2 Å². The highest BCUT2D eigenvalue weighted by Gasteiger charge is 2.50. The summed E-state index contributed by atoms with van der Waals surface area (Å²) in [6.07, 6.45) is -8.36. The lowest BCUT2D eigenvalue weighted by Gasteiger charge is -2.26. The van der Waals surface area contributed by atoms with Crippen LogP contribution in [0, 0.1) is 18.3 Å². The molecule has 4 rings (SSSR count). The summed E-state index contributed by atoms with van der Waals surface area (Å²) in [4.78, 5) is 24.6. The van der Waals surface area contributed by atoms with Crippen molar-refractivity contribution in [3.8, 4) is 0 Å². The van der Waals surface area contributed by atoms with Gasteiger partial charge in [-0.05, 0) is 31.2 Å². The van der Waals surface area contributed by atoms with Gasteiger partial charge in [-0.25, -0.2) is 9.59 Å². The number of hydrogen-bond acceptors (Lipinski definition) is 7. The number of carboxylic acid groups (broad SMARTS) is 2. The number of aryl methyl sites for hydroxylation is 1. The predicted octanol–water partition coefficient (Wildman–Crippen LogP) is 3.91. The van der Waals surface area contributed by atoms with Crippen LogP contribution in [0.2, 0.25) is 0 Å². The van der Waals surface area contributed by atoms with Crippen molar-refractivity contribution in [3.05, 3.63) is 53.7 Å². The van der Waals surface area contributed by atoms with Crippen molar-refractivity contribution in [3.63, 3.8) is 0 Å². The Morgan fingerprint density at radius 3 is 2.24 bits per heavy atom. The van der Waals surface area contributed by atoms with E-state index in [0.717, 1.165) is 56.7 Å². The SMILES string of the molecule is Cc1ccc(CN2C[C@@H]3COC[C@]3(COCc3ccccn3)C2)o1.O=C(O)C(F)(F)F.O=C(O)C(F)(F)F. The molecule has 0 radical (unpaired) electrons. The summed E-state index contributed by atoms with van der Waals surface area (Å²) < 4.78 is 81.0. The van der Waals surface area contributed by atoms with Crippen LogP contribution in [-0.2, 0) is 32.2 Å². The van der Waals surface area contributed by atoms with E-state index in [1.807, 2.05) is 31.2 Å². The average molecular weight is 556 g/mol. The van der Waals surface area contributed by atoms with Crippen LogP contribution in [0.4, 0.5) is 26.3 Å². The summed E-state index contributed by atoms with van der Waals surface area (Å²) in [5.74, 6) is -2.96. The number of rotatable bonds is 6. The largest absolute Gasteiger partial charge is 0.490 e. The van der Waals surface area contributed by atoms with Crippen LogP contribution in [0.25, 0.3) is 0 Å². The van der Waals surface area contributed by atoms with Crippen LogP contribution in [0.3, 0.4) is 0 Å². The molecule has 0 unspecified atom stereocenters. The molecular formula is C23H26F6N2O7. The molecule has 0 saturated carbocycles. The smallest absolute Gasteiger partial charge is 0.475 e. The van der Waals surface area contributed by atoms with Gasteiger partial charge in [0.15, 0.2) is 0 Å². The van der Waals surface area contributed by atoms with E-state index in [4.69, 9.17) is 33.7 Å². The fraction of sp³-hybridized carbons (Fsp3) is 0.522. The molecule has 2 atom stereocenters. The molecular weight excluding hydrogens is 530 g/mol. The molecule has 4 heterocycles. The van der Waals surface area contributed by atoms with Gasteiger partial charge in [-0.1, -0.05) is 6.07 Å². The number of carbonyl (C=O) groups is 2. The zero-order valence-corrected chi connectivity index (χ0v) is 20.1. The monoisotopic (exact) mass is 556 g/mol. The topological polar surface area (TPSA) is 122 Å². The number of aliphatic carboxylic acids is 2. The molecule has 2 N–H and O–H groups in total. The van der Waals surface area contributed by atoms with Crippen molar-refractivity contribution in [1.29, 1.82) is 0 Å². The van der Waals surface area contributed by atoms with E-state index in [1.54, 1.807) is 6.20 Å². The van der Waals surface area contributed by atoms with Crippen LogP contribution in [-0.4, -0.2) is 77.3 Å². The minimum atomic E-state index is -5.08. The van der Waals surface area contributed by atoms with Gasteiger partial charge in [-0.3, -0.25) is 9.88 Å². The maximum Gasteiger partial charge on any atom is 0.490 e. The highest BCUT2D eigenvalue weighted by molar-refractivity contribution is 5.73. The lowest BCUT2D eigenvalue weighted by Crippen LogP contribution is -2.35. The Kier molecular flexibility index (Phi) is 10.7. The molecule has 2 aliphatic heterocycles. The summed E-state index contributed by atoms with van der Waals surface area (Å²) in [5, 5.41) is 14.2. The Labute approximate surface area is 213 Å². The molecule has 0 bridgehead atoms. The van der Waals surface area contributed by atoms with Crippen LogP contribution < -0.4 is 0 Å². The third-order valence-corrected chi connectivity index (χ3v) is 5.62. The molecule has 0 amide bonds. The fourth-order valence-electron chi connectivity index (χ4n) is 3.90. The molecule has 0 aromatic carbocycles. The zero-order chi connectivity index (χ0) is 28.6. The van der Waals surface area contributed by atoms with Crippen molar-refractivity contribution in [2.45, 2.75) is 32.4 Å². The summed E-state index contributed by atoms with van der Waals surface area (Å²) in [6, 6.07) is 10.0. The van der Waals surface area contributed by atoms with Gasteiger partial charge in [0.25, 0.3) is 0 Å². The van der Waals surface area contributed by atoms with Gasteiger partial charge in [-0.15, -0.1) is 0 Å². The van der Waals surface area contributed by atoms with Crippen molar-refractivity contribution in [2.24, 2.45) is 11.3 Å². The third kappa shape index (κ3) is 9.61. The van der Waals surface area contributed by atoms with Crippen LogP contribution in [0.15, 0.2) is 40.9 Å². The zero-order valence-electron chi connectivity index (χ0n) is 20.1. The molecule has 2 fully saturated rings. The number of halogens is 6. The first kappa shape index (κ1) is 31.1. The van der Waals surface area contributed by atoms with Crippen molar-refractivity contribution in [2.75, 3.05) is 32.9 Å². The van der Waals surface area contributed by atoms with Crippen molar-refractivity contribution >= 4 is 11.9 Å². The number of carboxylic acids is 2. The van der Waals surface area contributed by atoms with E-state index in [2.05, 4.69) is 16.0 Å². The second-order valence-corrected chi connectivity index (χ2v) is 8.68. The molecule has 38 heavy (non-hydrogen) atoms. The van der Waals surface area contributed by atoms with Gasteiger partial charge in [0, 0.05) is 30.6 Å². The van der Waals surface area contributed by atoms with E-state index in [1.165, 1.54) is 0 Å². The molecule has 0 aliphatic carbocycles. The summed E-state index contributed by atoms with van der Waals surface area (Å²) in [5.41, 5.74) is 1.08. The number of alkyl halides is 6. The fourth-order valence-corrected chi connectivity index (χ4v) is 3.90. The van der Waals surface area contributed by atoms with E-state index in [9.17, 15) is 26.3 Å². The number of furan rings is 1. The average Bonchev–Trinajstić information content (AvgIpc) is 3.48. The summed E-state index contributed by atoms with van der Waals surface area (Å²) >= 11 is 0. The maximum absolute atomic E-state index is 10.6. The molecule has 0 spiro atoms. The second-order valence-electron chi connectivity index (χ2n) is 8.68. The first-order valence-electron chi connectivity index (χ1n) is 11.1. The maximum atomic E-state index is 10.6. The number of likely N-dealkylation sites (tertiary alicyclic amines) is 1. The number of fused-ring (bicyclic) bond motifs is 1. The van der Waals surface area contributed by atoms with E-state index in [0.29, 0.717) is 12.5 Å². The molecule has 212 valence electrons. The Bertz CT molecular complexity index is 1020. The Hall–Kier alpha value is -3.17. The van der Waals surface area contributed by atoms with Gasteiger partial charge in [0.2, 0.25) is 0 Å². The van der Waals surface area contributed by atoms with Gasteiger partial charge >= 0.3 is 24.3 Å². The molecule has 2 aliphatic rings. The standard InChI is InChI=1S/C19H24N2O3.2C2HF3O2/c1-15-5-6-18(24-15)9-21-8-16-10-22-13-19(16,12-21)14-23-11-17-4-2-3-7-20-17;2*3-2(4,5)1(6)7/h2-7,16H,8-14H2,1H3;2*(H,6,7)/t16-,19+;;/m1../s1. The first-order valence-corrected chi connectivity index (χ1v) is 11.1. The molecule has 15 heteroatoms. The quantitative estimate of drug-likeness (QED) is 0.510. The third-order valence-electron chi connectivity index (χ3n) is 5.62. The normalized spacial score (nSPS) is 21.1. The number of aromatic nitrogens is 1. The summed E-state index contributed by atoms with van der Waals surface area (Å²) in [7, 11) is 0. The predicted molar refractivity (Wildman–Crippen MR) is 117 cm³/mol. The Morgan fingerprint density at radius 1 is 1.11 bits per heavy atom. The summed E-state index contributed by atoms with van der Waals surface area (Å²) in [6.45, 7) is 7.81. The highest BCUT2D eigenvalue weighted by Crippen LogP contribution is 2.42. The van der Waals surface area contributed by atoms with E-state index < -0.39 is 24.3 Å². The van der Waals surface area contributed by atoms with E-state index >= 15 is 0 Å². The molecule has 2 aromatic rings. The van der Waals surface area contributed by atoms with Crippen LogP contribution >= 0.6 is 0 Å². The van der Waals surface area contributed by atoms with Crippen molar-refractivity contribution < 1.29 is 60.0 Å². The minimum Gasteiger partial charge on any atom is -0.475 e. The lowest BCUT2D eigenvalue weighted by molar-refractivity contribution is -0.193. The lowest BCUT2D eigenvalue weighted by atomic mass is 9.82. The van der Waals surface area contributed by atoms with Crippen molar-refractivity contribution in [1.82, 2.24) is 9.88 Å². The minimum absolute atomic E-state index is 0.108. The van der Waals surface area contributed by atoms with Crippen LogP contribution in [0.5, 0.6) is 0 Å².